The van der Waals surface area contributed by atoms with Crippen molar-refractivity contribution in [2.45, 2.75) is 26.4 Å². The van der Waals surface area contributed by atoms with Crippen molar-refractivity contribution in [2.75, 3.05) is 0 Å². The molecule has 0 spiro atoms. The smallest absolute Gasteiger partial charge is 0.123 e. The normalized spacial score (nSPS) is 11.6. The van der Waals surface area contributed by atoms with Gasteiger partial charge in [0.2, 0.25) is 0 Å². The van der Waals surface area contributed by atoms with E-state index < -0.39 is 0 Å². The number of hydrogen-bond donors (Lipinski definition) is 1. The Morgan fingerprint density at radius 3 is 2.88 bits per heavy atom. The van der Waals surface area contributed by atoms with Crippen molar-refractivity contribution in [2.24, 2.45) is 7.05 Å². The highest BCUT2D eigenvalue weighted by molar-refractivity contribution is 9.10. The fourth-order valence-electron chi connectivity index (χ4n) is 1.68. The first kappa shape index (κ1) is 11.6. The predicted molar refractivity (Wildman–Crippen MR) is 70.4 cm³/mol. The van der Waals surface area contributed by atoms with Gasteiger partial charge in [-0.1, -0.05) is 29.8 Å². The molecule has 0 amide bonds. The van der Waals surface area contributed by atoms with Gasteiger partial charge in [-0.25, -0.2) is 4.98 Å². The molecule has 0 saturated carbocycles. The summed E-state index contributed by atoms with van der Waals surface area (Å²) in [7, 11) is 2.06. The summed E-state index contributed by atoms with van der Waals surface area (Å²) < 4.78 is 3.21. The maximum atomic E-state index is 4.62. The minimum atomic E-state index is 0.478. The molecule has 3 nitrogen and oxygen atoms in total. The Bertz CT molecular complexity index is 502. The van der Waals surface area contributed by atoms with E-state index in [1.807, 2.05) is 12.1 Å². The summed E-state index contributed by atoms with van der Waals surface area (Å²) in [5.41, 5.74) is 2.21. The van der Waals surface area contributed by atoms with Gasteiger partial charge in [0.05, 0.1) is 17.6 Å². The van der Waals surface area contributed by atoms with Crippen LogP contribution in [0.3, 0.4) is 0 Å². The Balaban J connectivity index is 2.36. The van der Waals surface area contributed by atoms with Gasteiger partial charge in [0.15, 0.2) is 0 Å². The second-order valence-electron chi connectivity index (χ2n) is 4.26. The zero-order valence-corrected chi connectivity index (χ0v) is 11.4. The van der Waals surface area contributed by atoms with Crippen LogP contribution in [-0.4, -0.2) is 15.6 Å². The molecule has 2 aromatic rings. The third-order valence-corrected chi connectivity index (χ3v) is 3.10. The molecule has 0 bridgehead atoms. The Hall–Kier alpha value is -0.870. The van der Waals surface area contributed by atoms with Crippen molar-refractivity contribution in [3.05, 3.63) is 28.5 Å². The topological polar surface area (TPSA) is 29.9 Å². The lowest BCUT2D eigenvalue weighted by atomic mass is 10.3. The van der Waals surface area contributed by atoms with E-state index in [1.165, 1.54) is 5.52 Å². The van der Waals surface area contributed by atoms with Gasteiger partial charge in [-0.05, 0) is 18.2 Å². The van der Waals surface area contributed by atoms with Gasteiger partial charge in [0.25, 0.3) is 0 Å². The van der Waals surface area contributed by atoms with E-state index >= 15 is 0 Å². The molecule has 0 aliphatic carbocycles. The SMILES string of the molecule is CC(C)NCc1nc2cc(Br)ccc2n1C. The summed E-state index contributed by atoms with van der Waals surface area (Å²) in [4.78, 5) is 4.62. The number of nitrogens with one attached hydrogen (secondary N) is 1. The Kier molecular flexibility index (Phi) is 3.30. The van der Waals surface area contributed by atoms with Crippen LogP contribution in [0.1, 0.15) is 19.7 Å². The molecule has 1 N–H and O–H groups in total. The van der Waals surface area contributed by atoms with Crippen molar-refractivity contribution < 1.29 is 0 Å². The van der Waals surface area contributed by atoms with E-state index in [4.69, 9.17) is 0 Å². The minimum Gasteiger partial charge on any atom is -0.330 e. The number of nitrogens with zero attached hydrogens (tertiary/aromatic N) is 2. The lowest BCUT2D eigenvalue weighted by molar-refractivity contribution is 0.563. The molecule has 0 aliphatic rings. The van der Waals surface area contributed by atoms with Gasteiger partial charge in [0, 0.05) is 17.6 Å². The second-order valence-corrected chi connectivity index (χ2v) is 5.17. The number of hydrogen-bond acceptors (Lipinski definition) is 2. The summed E-state index contributed by atoms with van der Waals surface area (Å²) in [5.74, 6) is 1.07. The van der Waals surface area contributed by atoms with Crippen molar-refractivity contribution in [1.82, 2.24) is 14.9 Å². The van der Waals surface area contributed by atoms with Gasteiger partial charge < -0.3 is 9.88 Å². The molecule has 1 aromatic carbocycles. The standard InChI is InChI=1S/C12H16BrN3/c1-8(2)14-7-12-15-10-6-9(13)4-5-11(10)16(12)3/h4-6,8,14H,7H2,1-3H3. The summed E-state index contributed by atoms with van der Waals surface area (Å²) in [6.45, 7) is 5.08. The highest BCUT2D eigenvalue weighted by atomic mass is 79.9. The maximum Gasteiger partial charge on any atom is 0.123 e. The molecular formula is C12H16BrN3. The van der Waals surface area contributed by atoms with Crippen LogP contribution in [0.2, 0.25) is 0 Å². The molecule has 16 heavy (non-hydrogen) atoms. The quantitative estimate of drug-likeness (QED) is 0.938. The van der Waals surface area contributed by atoms with Crippen molar-refractivity contribution in [3.8, 4) is 0 Å². The third-order valence-electron chi connectivity index (χ3n) is 2.60. The zero-order chi connectivity index (χ0) is 11.7. The molecule has 0 atom stereocenters. The molecule has 0 saturated heterocycles. The van der Waals surface area contributed by atoms with Crippen LogP contribution in [0, 0.1) is 0 Å². The van der Waals surface area contributed by atoms with Gasteiger partial charge in [-0.2, -0.15) is 0 Å². The molecule has 0 fully saturated rings. The van der Waals surface area contributed by atoms with Crippen LogP contribution in [0.4, 0.5) is 0 Å². The molecule has 1 aromatic heterocycles. The highest BCUT2D eigenvalue weighted by Gasteiger charge is 2.07. The minimum absolute atomic E-state index is 0.478. The van der Waals surface area contributed by atoms with Gasteiger partial charge in [-0.3, -0.25) is 0 Å². The fourth-order valence-corrected chi connectivity index (χ4v) is 2.03. The summed E-state index contributed by atoms with van der Waals surface area (Å²) in [6.07, 6.45) is 0. The molecular weight excluding hydrogens is 266 g/mol. The Morgan fingerprint density at radius 1 is 1.44 bits per heavy atom. The number of rotatable bonds is 3. The lowest BCUT2D eigenvalue weighted by Crippen LogP contribution is -2.23. The van der Waals surface area contributed by atoms with Crippen molar-refractivity contribution in [3.63, 3.8) is 0 Å². The van der Waals surface area contributed by atoms with Crippen LogP contribution in [0.15, 0.2) is 22.7 Å². The predicted octanol–water partition coefficient (Wildman–Crippen LogP) is 2.83. The molecule has 0 unspecified atom stereocenters. The molecule has 4 heteroatoms. The average molecular weight is 282 g/mol. The monoisotopic (exact) mass is 281 g/mol. The van der Waals surface area contributed by atoms with Crippen LogP contribution in [0.5, 0.6) is 0 Å². The number of aromatic nitrogens is 2. The zero-order valence-electron chi connectivity index (χ0n) is 9.79. The van der Waals surface area contributed by atoms with Crippen LogP contribution in [-0.2, 0) is 13.6 Å². The Morgan fingerprint density at radius 2 is 2.19 bits per heavy atom. The lowest BCUT2D eigenvalue weighted by Gasteiger charge is -2.07. The van der Waals surface area contributed by atoms with Crippen molar-refractivity contribution in [1.29, 1.82) is 0 Å². The van der Waals surface area contributed by atoms with Crippen LogP contribution >= 0.6 is 15.9 Å². The molecule has 1 heterocycles. The third kappa shape index (κ3) is 2.28. The number of fused-ring (bicyclic) bond motifs is 1. The number of imidazole rings is 1. The summed E-state index contributed by atoms with van der Waals surface area (Å²) in [5, 5.41) is 3.38. The van der Waals surface area contributed by atoms with Gasteiger partial charge >= 0.3 is 0 Å². The molecule has 0 aliphatic heterocycles. The Labute approximate surface area is 104 Å². The first-order valence-electron chi connectivity index (χ1n) is 5.42. The highest BCUT2D eigenvalue weighted by Crippen LogP contribution is 2.19. The summed E-state index contributed by atoms with van der Waals surface area (Å²) >= 11 is 3.46. The van der Waals surface area contributed by atoms with Crippen LogP contribution < -0.4 is 5.32 Å². The first-order valence-corrected chi connectivity index (χ1v) is 6.21. The van der Waals surface area contributed by atoms with Gasteiger partial charge in [0.1, 0.15) is 5.82 Å². The number of benzene rings is 1. The van der Waals surface area contributed by atoms with Crippen molar-refractivity contribution >= 4 is 27.0 Å². The number of halogens is 1. The van der Waals surface area contributed by atoms with E-state index in [0.717, 1.165) is 22.4 Å². The fraction of sp³-hybridized carbons (Fsp3) is 0.417. The van der Waals surface area contributed by atoms with Crippen LogP contribution in [0.25, 0.3) is 11.0 Å². The first-order chi connectivity index (χ1) is 7.58. The van der Waals surface area contributed by atoms with Gasteiger partial charge in [-0.15, -0.1) is 0 Å². The number of aryl methyl sites for hydroxylation is 1. The summed E-state index contributed by atoms with van der Waals surface area (Å²) in [6, 6.07) is 6.66. The average Bonchev–Trinajstić information content (AvgIpc) is 2.52. The molecule has 2 rings (SSSR count). The van der Waals surface area contributed by atoms with E-state index in [-0.39, 0.29) is 0 Å². The van der Waals surface area contributed by atoms with E-state index in [1.54, 1.807) is 0 Å². The second kappa shape index (κ2) is 4.55. The van der Waals surface area contributed by atoms with E-state index in [9.17, 15) is 0 Å². The maximum absolute atomic E-state index is 4.62. The largest absolute Gasteiger partial charge is 0.330 e. The molecule has 86 valence electrons. The van der Waals surface area contributed by atoms with E-state index in [0.29, 0.717) is 6.04 Å². The molecule has 0 radical (unpaired) electrons. The van der Waals surface area contributed by atoms with E-state index in [2.05, 4.69) is 57.8 Å².